The summed E-state index contributed by atoms with van der Waals surface area (Å²) in [5.41, 5.74) is 1.68. The minimum absolute atomic E-state index is 0.168. The number of hydrogen-bond acceptors (Lipinski definition) is 7. The number of esters is 1. The van der Waals surface area contributed by atoms with Crippen LogP contribution in [0, 0.1) is 6.92 Å². The third kappa shape index (κ3) is 4.42. The molecule has 3 aromatic rings. The molecule has 3 rings (SSSR count). The van der Waals surface area contributed by atoms with Crippen molar-refractivity contribution in [1.29, 1.82) is 0 Å². The smallest absolute Gasteiger partial charge is 0.339 e. The van der Waals surface area contributed by atoms with Gasteiger partial charge in [0.25, 0.3) is 0 Å². The molecule has 8 heteroatoms. The highest BCUT2D eigenvalue weighted by molar-refractivity contribution is 5.96. The number of anilines is 4. The molecule has 0 bridgehead atoms. The van der Waals surface area contributed by atoms with E-state index in [4.69, 9.17) is 9.84 Å². The van der Waals surface area contributed by atoms with E-state index in [1.807, 2.05) is 0 Å². The number of ether oxygens (including phenoxy) is 1. The lowest BCUT2D eigenvalue weighted by molar-refractivity contribution is 0.0601. The lowest BCUT2D eigenvalue weighted by Crippen LogP contribution is -2.07. The van der Waals surface area contributed by atoms with Gasteiger partial charge >= 0.3 is 11.9 Å². The Morgan fingerprint density at radius 3 is 2.39 bits per heavy atom. The van der Waals surface area contributed by atoms with Gasteiger partial charge < -0.3 is 20.5 Å². The molecule has 0 unspecified atom stereocenters. The van der Waals surface area contributed by atoms with E-state index in [1.54, 1.807) is 49.4 Å². The number of nitrogens with one attached hydrogen (secondary N) is 2. The van der Waals surface area contributed by atoms with E-state index in [0.29, 0.717) is 34.4 Å². The van der Waals surface area contributed by atoms with Crippen LogP contribution in [-0.2, 0) is 4.74 Å². The number of aromatic carboxylic acids is 1. The highest BCUT2D eigenvalue weighted by Gasteiger charge is 2.12. The summed E-state index contributed by atoms with van der Waals surface area (Å²) < 4.78 is 4.80. The molecule has 0 spiro atoms. The van der Waals surface area contributed by atoms with Crippen LogP contribution in [0.3, 0.4) is 0 Å². The molecule has 0 saturated carbocycles. The number of aryl methyl sites for hydroxylation is 1. The van der Waals surface area contributed by atoms with Crippen molar-refractivity contribution in [3.63, 3.8) is 0 Å². The Kier molecular flexibility index (Phi) is 5.50. The molecule has 0 fully saturated rings. The Balaban J connectivity index is 1.88. The molecule has 0 aliphatic heterocycles. The number of nitrogens with zero attached hydrogens (tertiary/aromatic N) is 2. The number of carboxylic acids is 1. The number of aromatic nitrogens is 2. The molecule has 28 heavy (non-hydrogen) atoms. The molecule has 0 atom stereocenters. The molecule has 3 N–H and O–H groups in total. The van der Waals surface area contributed by atoms with Gasteiger partial charge in [0.05, 0.1) is 23.9 Å². The lowest BCUT2D eigenvalue weighted by atomic mass is 10.2. The average Bonchev–Trinajstić information content (AvgIpc) is 2.67. The molecule has 0 aliphatic carbocycles. The Bertz CT molecular complexity index is 1040. The predicted molar refractivity (Wildman–Crippen MR) is 105 cm³/mol. The molecule has 2 aromatic carbocycles. The van der Waals surface area contributed by atoms with Crippen molar-refractivity contribution in [3.05, 3.63) is 71.5 Å². The van der Waals surface area contributed by atoms with Gasteiger partial charge in [0.1, 0.15) is 17.5 Å². The summed E-state index contributed by atoms with van der Waals surface area (Å²) in [4.78, 5) is 31.7. The number of hydrogen-bond donors (Lipinski definition) is 3. The quantitative estimate of drug-likeness (QED) is 0.556. The maximum absolute atomic E-state index is 11.9. The monoisotopic (exact) mass is 378 g/mol. The summed E-state index contributed by atoms with van der Waals surface area (Å²) in [5.74, 6) is -0.0201. The standard InChI is InChI=1S/C20H18N4O4/c1-12-21-17(23-14-7-5-6-13(10-14)19(25)26)11-18(22-12)24-16-9-4-3-8-15(16)20(27)28-2/h3-11H,1-2H3,(H,25,26)(H2,21,22,23,24). The molecule has 8 nitrogen and oxygen atoms in total. The van der Waals surface area contributed by atoms with Crippen LogP contribution in [-0.4, -0.2) is 34.1 Å². The topological polar surface area (TPSA) is 113 Å². The first-order chi connectivity index (χ1) is 13.5. The van der Waals surface area contributed by atoms with Crippen LogP contribution < -0.4 is 10.6 Å². The van der Waals surface area contributed by atoms with Crippen molar-refractivity contribution >= 4 is 34.9 Å². The Hall–Kier alpha value is -3.94. The number of para-hydroxylation sites is 1. The summed E-state index contributed by atoms with van der Waals surface area (Å²) >= 11 is 0. The third-order valence-corrected chi connectivity index (χ3v) is 3.81. The van der Waals surface area contributed by atoms with E-state index in [2.05, 4.69) is 20.6 Å². The van der Waals surface area contributed by atoms with Gasteiger partial charge in [-0.1, -0.05) is 18.2 Å². The van der Waals surface area contributed by atoms with Crippen LogP contribution >= 0.6 is 0 Å². The maximum Gasteiger partial charge on any atom is 0.339 e. The largest absolute Gasteiger partial charge is 0.478 e. The fourth-order valence-corrected chi connectivity index (χ4v) is 2.59. The van der Waals surface area contributed by atoms with E-state index in [1.165, 1.54) is 19.2 Å². The van der Waals surface area contributed by atoms with Crippen molar-refractivity contribution in [2.45, 2.75) is 6.92 Å². The van der Waals surface area contributed by atoms with Crippen LogP contribution in [0.2, 0.25) is 0 Å². The molecule has 0 radical (unpaired) electrons. The molecule has 1 heterocycles. The van der Waals surface area contributed by atoms with E-state index in [0.717, 1.165) is 0 Å². The summed E-state index contributed by atoms with van der Waals surface area (Å²) in [6.07, 6.45) is 0. The zero-order chi connectivity index (χ0) is 20.1. The second-order valence-electron chi connectivity index (χ2n) is 5.86. The molecular formula is C20H18N4O4. The zero-order valence-corrected chi connectivity index (χ0v) is 15.3. The highest BCUT2D eigenvalue weighted by Crippen LogP contribution is 2.23. The normalized spacial score (nSPS) is 10.2. The van der Waals surface area contributed by atoms with Gasteiger partial charge in [-0.25, -0.2) is 19.6 Å². The Morgan fingerprint density at radius 2 is 1.68 bits per heavy atom. The first-order valence-corrected chi connectivity index (χ1v) is 8.36. The van der Waals surface area contributed by atoms with Crippen molar-refractivity contribution in [3.8, 4) is 0 Å². The van der Waals surface area contributed by atoms with Gasteiger partial charge in [-0.15, -0.1) is 0 Å². The number of carboxylic acid groups (broad SMARTS) is 1. The second-order valence-corrected chi connectivity index (χ2v) is 5.86. The van der Waals surface area contributed by atoms with Crippen LogP contribution in [0.15, 0.2) is 54.6 Å². The number of methoxy groups -OCH3 is 1. The van der Waals surface area contributed by atoms with Gasteiger partial charge in [0.2, 0.25) is 0 Å². The van der Waals surface area contributed by atoms with Crippen molar-refractivity contribution in [2.24, 2.45) is 0 Å². The van der Waals surface area contributed by atoms with Gasteiger partial charge in [-0.2, -0.15) is 0 Å². The van der Waals surface area contributed by atoms with Gasteiger partial charge in [0, 0.05) is 11.8 Å². The Labute approximate surface area is 161 Å². The SMILES string of the molecule is COC(=O)c1ccccc1Nc1cc(Nc2cccc(C(=O)O)c2)nc(C)n1. The molecule has 142 valence electrons. The summed E-state index contributed by atoms with van der Waals surface area (Å²) in [6.45, 7) is 1.73. The predicted octanol–water partition coefficient (Wildman–Crippen LogP) is 3.76. The number of carbonyl (C=O) groups is 2. The minimum Gasteiger partial charge on any atom is -0.478 e. The second kappa shape index (κ2) is 8.17. The first-order valence-electron chi connectivity index (χ1n) is 8.36. The zero-order valence-electron chi connectivity index (χ0n) is 15.3. The average molecular weight is 378 g/mol. The van der Waals surface area contributed by atoms with Crippen molar-refractivity contribution in [2.75, 3.05) is 17.7 Å². The van der Waals surface area contributed by atoms with Gasteiger partial charge in [-0.3, -0.25) is 0 Å². The first kappa shape index (κ1) is 18.8. The van der Waals surface area contributed by atoms with Crippen LogP contribution in [0.25, 0.3) is 0 Å². The van der Waals surface area contributed by atoms with E-state index in [-0.39, 0.29) is 5.56 Å². The highest BCUT2D eigenvalue weighted by atomic mass is 16.5. The van der Waals surface area contributed by atoms with E-state index in [9.17, 15) is 9.59 Å². The minimum atomic E-state index is -1.01. The molecule has 0 saturated heterocycles. The van der Waals surface area contributed by atoms with Crippen LogP contribution in [0.5, 0.6) is 0 Å². The third-order valence-electron chi connectivity index (χ3n) is 3.81. The summed E-state index contributed by atoms with van der Waals surface area (Å²) in [7, 11) is 1.32. The molecule has 0 aliphatic rings. The fourth-order valence-electron chi connectivity index (χ4n) is 2.59. The van der Waals surface area contributed by atoms with Crippen molar-refractivity contribution in [1.82, 2.24) is 9.97 Å². The number of rotatable bonds is 6. The number of carbonyl (C=O) groups excluding carboxylic acids is 1. The Morgan fingerprint density at radius 1 is 0.964 bits per heavy atom. The summed E-state index contributed by atoms with van der Waals surface area (Å²) in [5, 5.41) is 15.3. The number of benzene rings is 2. The lowest BCUT2D eigenvalue weighted by Gasteiger charge is -2.12. The molecule has 1 aromatic heterocycles. The van der Waals surface area contributed by atoms with E-state index < -0.39 is 11.9 Å². The summed E-state index contributed by atoms with van der Waals surface area (Å²) in [6, 6.07) is 15.0. The molecular weight excluding hydrogens is 360 g/mol. The van der Waals surface area contributed by atoms with Gasteiger partial charge in [-0.05, 0) is 37.3 Å². The van der Waals surface area contributed by atoms with Crippen molar-refractivity contribution < 1.29 is 19.4 Å². The maximum atomic E-state index is 11.9. The van der Waals surface area contributed by atoms with Crippen LogP contribution in [0.1, 0.15) is 26.5 Å². The molecule has 0 amide bonds. The van der Waals surface area contributed by atoms with E-state index >= 15 is 0 Å². The van der Waals surface area contributed by atoms with Gasteiger partial charge in [0.15, 0.2) is 0 Å². The fraction of sp³-hybridized carbons (Fsp3) is 0.100. The van der Waals surface area contributed by atoms with Crippen LogP contribution in [0.4, 0.5) is 23.0 Å².